The predicted molar refractivity (Wildman–Crippen MR) is 52.8 cm³/mol. The van der Waals surface area contributed by atoms with Gasteiger partial charge in [0.1, 0.15) is 0 Å². The number of piperidine rings is 1. The largest absolute Gasteiger partial charge is 0.469 e. The van der Waals surface area contributed by atoms with Crippen LogP contribution >= 0.6 is 0 Å². The number of nitrogens with zero attached hydrogens (tertiary/aromatic N) is 1. The first-order valence-corrected chi connectivity index (χ1v) is 5.06. The summed E-state index contributed by atoms with van der Waals surface area (Å²) in [6.45, 7) is 1.90. The Morgan fingerprint density at radius 2 is 2.14 bits per heavy atom. The zero-order valence-corrected chi connectivity index (χ0v) is 8.90. The summed E-state index contributed by atoms with van der Waals surface area (Å²) in [5.41, 5.74) is 0. The molecule has 1 saturated heterocycles. The first kappa shape index (κ1) is 11.5. The molecule has 0 aromatic heterocycles. The smallest absolute Gasteiger partial charge is 0.311 e. The van der Waals surface area contributed by atoms with Gasteiger partial charge < -0.3 is 14.7 Å². The van der Waals surface area contributed by atoms with Gasteiger partial charge in [-0.1, -0.05) is 0 Å². The third kappa shape index (κ3) is 2.69. The van der Waals surface area contributed by atoms with Gasteiger partial charge in [-0.25, -0.2) is 0 Å². The lowest BCUT2D eigenvalue weighted by Gasteiger charge is -2.32. The number of likely N-dealkylation sites (tertiary alicyclic amines) is 1. The average Bonchev–Trinajstić information content (AvgIpc) is 2.21. The van der Waals surface area contributed by atoms with Crippen molar-refractivity contribution in [1.82, 2.24) is 4.90 Å². The highest BCUT2D eigenvalue weighted by Crippen LogP contribution is 2.25. The fraction of sp³-hybridized carbons (Fsp3) is 0.900. The molecule has 0 aromatic rings. The van der Waals surface area contributed by atoms with Crippen LogP contribution in [0, 0.1) is 11.8 Å². The number of hydrogen-bond donors (Lipinski definition) is 1. The molecule has 1 atom stereocenters. The van der Waals surface area contributed by atoms with Crippen LogP contribution in [0.4, 0.5) is 0 Å². The molecule has 0 aromatic carbocycles. The van der Waals surface area contributed by atoms with Crippen LogP contribution in [0.15, 0.2) is 0 Å². The van der Waals surface area contributed by atoms with Gasteiger partial charge in [-0.3, -0.25) is 4.79 Å². The lowest BCUT2D eigenvalue weighted by atomic mass is 9.85. The van der Waals surface area contributed by atoms with Gasteiger partial charge in [-0.05, 0) is 38.9 Å². The van der Waals surface area contributed by atoms with E-state index in [9.17, 15) is 4.79 Å². The molecule has 82 valence electrons. The molecular formula is C10H19NO3. The number of hydrogen-bond acceptors (Lipinski definition) is 4. The topological polar surface area (TPSA) is 49.8 Å². The number of methoxy groups -OCH3 is 1. The molecule has 1 unspecified atom stereocenters. The monoisotopic (exact) mass is 201 g/mol. The number of rotatable bonds is 3. The fourth-order valence-corrected chi connectivity index (χ4v) is 2.00. The Balaban J connectivity index is 2.48. The van der Waals surface area contributed by atoms with E-state index in [0.29, 0.717) is 0 Å². The van der Waals surface area contributed by atoms with E-state index in [0.717, 1.165) is 25.9 Å². The summed E-state index contributed by atoms with van der Waals surface area (Å²) in [4.78, 5) is 13.6. The maximum Gasteiger partial charge on any atom is 0.311 e. The quantitative estimate of drug-likeness (QED) is 0.658. The summed E-state index contributed by atoms with van der Waals surface area (Å²) in [5.74, 6) is -0.320. The van der Waals surface area contributed by atoms with Crippen molar-refractivity contribution >= 4 is 5.97 Å². The number of aliphatic hydroxyl groups excluding tert-OH is 1. The molecule has 0 saturated carbocycles. The lowest BCUT2D eigenvalue weighted by Crippen LogP contribution is -2.37. The number of esters is 1. The SMILES string of the molecule is COC(=O)C(CO)C1CCN(C)CC1. The average molecular weight is 201 g/mol. The number of carbonyl (C=O) groups is 1. The Morgan fingerprint density at radius 3 is 2.57 bits per heavy atom. The lowest BCUT2D eigenvalue weighted by molar-refractivity contribution is -0.149. The van der Waals surface area contributed by atoms with E-state index in [-0.39, 0.29) is 24.4 Å². The van der Waals surface area contributed by atoms with Gasteiger partial charge in [0.25, 0.3) is 0 Å². The van der Waals surface area contributed by atoms with E-state index < -0.39 is 0 Å². The van der Waals surface area contributed by atoms with Crippen molar-refractivity contribution in [2.24, 2.45) is 11.8 Å². The van der Waals surface area contributed by atoms with Crippen LogP contribution in [-0.4, -0.2) is 49.8 Å². The first-order valence-electron chi connectivity index (χ1n) is 5.06. The van der Waals surface area contributed by atoms with Crippen molar-refractivity contribution in [3.63, 3.8) is 0 Å². The van der Waals surface area contributed by atoms with Crippen LogP contribution in [0.1, 0.15) is 12.8 Å². The minimum Gasteiger partial charge on any atom is -0.469 e. The molecule has 0 bridgehead atoms. The molecule has 4 nitrogen and oxygen atoms in total. The van der Waals surface area contributed by atoms with E-state index in [1.54, 1.807) is 0 Å². The molecule has 1 rings (SSSR count). The third-order valence-corrected chi connectivity index (χ3v) is 3.03. The van der Waals surface area contributed by atoms with Gasteiger partial charge in [0.2, 0.25) is 0 Å². The standard InChI is InChI=1S/C10H19NO3/c1-11-5-3-8(4-6-11)9(7-12)10(13)14-2/h8-9,12H,3-7H2,1-2H3. The highest BCUT2D eigenvalue weighted by molar-refractivity contribution is 5.72. The molecule has 4 heteroatoms. The summed E-state index contributed by atoms with van der Waals surface area (Å²) < 4.78 is 4.67. The molecule has 1 aliphatic heterocycles. The van der Waals surface area contributed by atoms with Crippen LogP contribution in [0.3, 0.4) is 0 Å². The molecule has 0 spiro atoms. The highest BCUT2D eigenvalue weighted by Gasteiger charge is 2.30. The molecule has 1 N–H and O–H groups in total. The molecule has 14 heavy (non-hydrogen) atoms. The Kier molecular flexibility index (Phi) is 4.35. The van der Waals surface area contributed by atoms with Gasteiger partial charge in [0.15, 0.2) is 0 Å². The molecule has 1 fully saturated rings. The third-order valence-electron chi connectivity index (χ3n) is 3.03. The zero-order chi connectivity index (χ0) is 10.6. The van der Waals surface area contributed by atoms with Gasteiger partial charge in [-0.15, -0.1) is 0 Å². The summed E-state index contributed by atoms with van der Waals surface area (Å²) in [6, 6.07) is 0. The predicted octanol–water partition coefficient (Wildman–Crippen LogP) is 0.110. The molecule has 0 amide bonds. The van der Waals surface area contributed by atoms with Crippen molar-refractivity contribution in [2.75, 3.05) is 33.9 Å². The number of carbonyl (C=O) groups excluding carboxylic acids is 1. The normalized spacial score (nSPS) is 21.9. The van der Waals surface area contributed by atoms with Gasteiger partial charge in [0.05, 0.1) is 19.6 Å². The number of ether oxygens (including phenoxy) is 1. The Labute approximate surface area is 84.8 Å². The first-order chi connectivity index (χ1) is 6.69. The second-order valence-corrected chi connectivity index (χ2v) is 3.95. The van der Waals surface area contributed by atoms with Crippen LogP contribution < -0.4 is 0 Å². The molecule has 1 heterocycles. The van der Waals surface area contributed by atoms with Crippen LogP contribution in [0.5, 0.6) is 0 Å². The number of aliphatic hydroxyl groups is 1. The Hall–Kier alpha value is -0.610. The summed E-state index contributed by atoms with van der Waals surface area (Å²) in [5, 5.41) is 9.13. The van der Waals surface area contributed by atoms with E-state index in [1.807, 2.05) is 0 Å². The minimum atomic E-state index is -0.325. The maximum atomic E-state index is 11.3. The van der Waals surface area contributed by atoms with Crippen LogP contribution in [0.2, 0.25) is 0 Å². The minimum absolute atomic E-state index is 0.0962. The van der Waals surface area contributed by atoms with Gasteiger partial charge in [0, 0.05) is 0 Å². The zero-order valence-electron chi connectivity index (χ0n) is 8.90. The van der Waals surface area contributed by atoms with E-state index in [4.69, 9.17) is 5.11 Å². The molecule has 0 aliphatic carbocycles. The maximum absolute atomic E-state index is 11.3. The van der Waals surface area contributed by atoms with Crippen molar-refractivity contribution in [3.05, 3.63) is 0 Å². The molecule has 0 radical (unpaired) electrons. The Bertz CT molecular complexity index is 188. The summed E-state index contributed by atoms with van der Waals surface area (Å²) in [6.07, 6.45) is 1.94. The summed E-state index contributed by atoms with van der Waals surface area (Å²) in [7, 11) is 3.45. The Morgan fingerprint density at radius 1 is 1.57 bits per heavy atom. The van der Waals surface area contributed by atoms with E-state index in [1.165, 1.54) is 7.11 Å². The van der Waals surface area contributed by atoms with Crippen molar-refractivity contribution in [1.29, 1.82) is 0 Å². The molecular weight excluding hydrogens is 182 g/mol. The van der Waals surface area contributed by atoms with Crippen molar-refractivity contribution in [2.45, 2.75) is 12.8 Å². The summed E-state index contributed by atoms with van der Waals surface area (Å²) >= 11 is 0. The van der Waals surface area contributed by atoms with Crippen molar-refractivity contribution in [3.8, 4) is 0 Å². The molecule has 1 aliphatic rings. The van der Waals surface area contributed by atoms with E-state index in [2.05, 4.69) is 16.7 Å². The van der Waals surface area contributed by atoms with E-state index >= 15 is 0 Å². The van der Waals surface area contributed by atoms with Crippen molar-refractivity contribution < 1.29 is 14.6 Å². The fourth-order valence-electron chi connectivity index (χ4n) is 2.00. The van der Waals surface area contributed by atoms with Crippen LogP contribution in [-0.2, 0) is 9.53 Å². The second-order valence-electron chi connectivity index (χ2n) is 3.95. The highest BCUT2D eigenvalue weighted by atomic mass is 16.5. The second kappa shape index (κ2) is 5.32. The van der Waals surface area contributed by atoms with Gasteiger partial charge >= 0.3 is 5.97 Å². The van der Waals surface area contributed by atoms with Gasteiger partial charge in [-0.2, -0.15) is 0 Å². The van der Waals surface area contributed by atoms with Crippen LogP contribution in [0.25, 0.3) is 0 Å².